The van der Waals surface area contributed by atoms with E-state index in [0.29, 0.717) is 13.1 Å². The summed E-state index contributed by atoms with van der Waals surface area (Å²) in [4.78, 5) is 11.5. The first-order valence-electron chi connectivity index (χ1n) is 5.72. The lowest BCUT2D eigenvalue weighted by atomic mass is 10.1. The molecule has 0 aromatic carbocycles. The predicted octanol–water partition coefficient (Wildman–Crippen LogP) is -0.0634. The van der Waals surface area contributed by atoms with Gasteiger partial charge in [-0.2, -0.15) is 0 Å². The van der Waals surface area contributed by atoms with Crippen LogP contribution >= 0.6 is 0 Å². The van der Waals surface area contributed by atoms with E-state index in [1.165, 1.54) is 10.6 Å². The monoisotopic (exact) mass is 246 g/mol. The van der Waals surface area contributed by atoms with Gasteiger partial charge in [-0.3, -0.25) is 4.79 Å². The molecule has 2 rings (SSSR count). The van der Waals surface area contributed by atoms with Crippen LogP contribution in [-0.4, -0.2) is 44.0 Å². The van der Waals surface area contributed by atoms with Crippen molar-refractivity contribution in [3.05, 3.63) is 0 Å². The minimum absolute atomic E-state index is 0.151. The van der Waals surface area contributed by atoms with Crippen LogP contribution in [0.2, 0.25) is 0 Å². The van der Waals surface area contributed by atoms with Crippen molar-refractivity contribution in [1.82, 2.24) is 9.62 Å². The lowest BCUT2D eigenvalue weighted by Gasteiger charge is -2.30. The van der Waals surface area contributed by atoms with Crippen LogP contribution in [-0.2, 0) is 14.8 Å². The Hall–Kier alpha value is -0.620. The molecule has 1 aliphatic carbocycles. The zero-order valence-corrected chi connectivity index (χ0v) is 10.3. The standard InChI is InChI=1S/C10H18N2O3S/c1-16(14,15)12-6-4-9(5-7-12)11-10(13)8-2-3-8/h8-9H,2-7H2,1H3,(H,11,13). The molecule has 0 bridgehead atoms. The average molecular weight is 246 g/mol. The molecule has 1 saturated carbocycles. The van der Waals surface area contributed by atoms with E-state index < -0.39 is 10.0 Å². The molecule has 2 fully saturated rings. The highest BCUT2D eigenvalue weighted by Crippen LogP contribution is 2.29. The summed E-state index contributed by atoms with van der Waals surface area (Å²) in [5.74, 6) is 0.380. The number of carbonyl (C=O) groups is 1. The van der Waals surface area contributed by atoms with Crippen LogP contribution in [0.25, 0.3) is 0 Å². The first kappa shape index (κ1) is 11.9. The van der Waals surface area contributed by atoms with Crippen molar-refractivity contribution in [2.75, 3.05) is 19.3 Å². The van der Waals surface area contributed by atoms with Crippen molar-refractivity contribution >= 4 is 15.9 Å². The Morgan fingerprint density at radius 1 is 1.19 bits per heavy atom. The van der Waals surface area contributed by atoms with E-state index in [4.69, 9.17) is 0 Å². The van der Waals surface area contributed by atoms with Crippen molar-refractivity contribution in [1.29, 1.82) is 0 Å². The molecule has 92 valence electrons. The van der Waals surface area contributed by atoms with Crippen LogP contribution in [0.3, 0.4) is 0 Å². The maximum atomic E-state index is 11.5. The Bertz CT molecular complexity index is 368. The van der Waals surface area contributed by atoms with Crippen molar-refractivity contribution in [3.63, 3.8) is 0 Å². The van der Waals surface area contributed by atoms with Crippen LogP contribution in [0.1, 0.15) is 25.7 Å². The summed E-state index contributed by atoms with van der Waals surface area (Å²) in [6.45, 7) is 1.04. The molecule has 0 atom stereocenters. The topological polar surface area (TPSA) is 66.5 Å². The highest BCUT2D eigenvalue weighted by atomic mass is 32.2. The second-order valence-corrected chi connectivity index (χ2v) is 6.70. The molecule has 5 nitrogen and oxygen atoms in total. The Labute approximate surface area is 96.2 Å². The summed E-state index contributed by atoms with van der Waals surface area (Å²) >= 11 is 0. The number of carbonyl (C=O) groups excluding carboxylic acids is 1. The molecular formula is C10H18N2O3S. The van der Waals surface area contributed by atoms with E-state index >= 15 is 0 Å². The van der Waals surface area contributed by atoms with Crippen molar-refractivity contribution in [3.8, 4) is 0 Å². The third kappa shape index (κ3) is 2.95. The van der Waals surface area contributed by atoms with Gasteiger partial charge in [0.2, 0.25) is 15.9 Å². The number of piperidine rings is 1. The first-order valence-corrected chi connectivity index (χ1v) is 7.57. The molecule has 2 aliphatic rings. The number of hydrogen-bond acceptors (Lipinski definition) is 3. The molecule has 6 heteroatoms. The normalized spacial score (nSPS) is 24.3. The minimum Gasteiger partial charge on any atom is -0.353 e. The van der Waals surface area contributed by atoms with Gasteiger partial charge in [-0.15, -0.1) is 0 Å². The molecule has 0 unspecified atom stereocenters. The largest absolute Gasteiger partial charge is 0.353 e. The number of nitrogens with zero attached hydrogens (tertiary/aromatic N) is 1. The fourth-order valence-electron chi connectivity index (χ4n) is 2.00. The van der Waals surface area contributed by atoms with Crippen molar-refractivity contribution in [2.24, 2.45) is 5.92 Å². The molecule has 0 aromatic heterocycles. The Kier molecular flexibility index (Phi) is 3.21. The maximum Gasteiger partial charge on any atom is 0.223 e. The lowest BCUT2D eigenvalue weighted by molar-refractivity contribution is -0.123. The fourth-order valence-corrected chi connectivity index (χ4v) is 2.87. The molecule has 1 aliphatic heterocycles. The molecule has 0 aromatic rings. The average Bonchev–Trinajstić information content (AvgIpc) is 3.00. The molecule has 1 saturated heterocycles. The van der Waals surface area contributed by atoms with Gasteiger partial charge >= 0.3 is 0 Å². The summed E-state index contributed by atoms with van der Waals surface area (Å²) in [5.41, 5.74) is 0. The number of amides is 1. The Balaban J connectivity index is 1.78. The first-order chi connectivity index (χ1) is 7.47. The third-order valence-electron chi connectivity index (χ3n) is 3.22. The van der Waals surface area contributed by atoms with E-state index in [0.717, 1.165) is 25.7 Å². The Morgan fingerprint density at radius 3 is 2.19 bits per heavy atom. The zero-order chi connectivity index (χ0) is 11.8. The molecule has 1 heterocycles. The van der Waals surface area contributed by atoms with Crippen LogP contribution in [0, 0.1) is 5.92 Å². The van der Waals surface area contributed by atoms with Gasteiger partial charge in [0, 0.05) is 25.0 Å². The molecule has 1 amide bonds. The van der Waals surface area contributed by atoms with Gasteiger partial charge in [-0.25, -0.2) is 12.7 Å². The van der Waals surface area contributed by atoms with E-state index in [1.807, 2.05) is 0 Å². The summed E-state index contributed by atoms with van der Waals surface area (Å²) in [7, 11) is -3.06. The van der Waals surface area contributed by atoms with E-state index in [-0.39, 0.29) is 17.9 Å². The zero-order valence-electron chi connectivity index (χ0n) is 9.48. The lowest BCUT2D eigenvalue weighted by Crippen LogP contribution is -2.46. The third-order valence-corrected chi connectivity index (χ3v) is 4.52. The van der Waals surface area contributed by atoms with Crippen molar-refractivity contribution in [2.45, 2.75) is 31.7 Å². The SMILES string of the molecule is CS(=O)(=O)N1CCC(NC(=O)C2CC2)CC1. The smallest absolute Gasteiger partial charge is 0.223 e. The quantitative estimate of drug-likeness (QED) is 0.758. The van der Waals surface area contributed by atoms with E-state index in [9.17, 15) is 13.2 Å². The predicted molar refractivity (Wildman–Crippen MR) is 60.3 cm³/mol. The molecular weight excluding hydrogens is 228 g/mol. The molecule has 0 spiro atoms. The summed E-state index contributed by atoms with van der Waals surface area (Å²) in [6.07, 6.45) is 4.70. The second-order valence-electron chi connectivity index (χ2n) is 4.72. The van der Waals surface area contributed by atoms with Crippen LogP contribution in [0.4, 0.5) is 0 Å². The highest BCUT2D eigenvalue weighted by Gasteiger charge is 2.32. The van der Waals surface area contributed by atoms with Crippen LogP contribution in [0.15, 0.2) is 0 Å². The van der Waals surface area contributed by atoms with E-state index in [1.54, 1.807) is 0 Å². The van der Waals surface area contributed by atoms with Crippen LogP contribution in [0.5, 0.6) is 0 Å². The number of sulfonamides is 1. The fraction of sp³-hybridized carbons (Fsp3) is 0.900. The number of rotatable bonds is 3. The van der Waals surface area contributed by atoms with Crippen molar-refractivity contribution < 1.29 is 13.2 Å². The van der Waals surface area contributed by atoms with Crippen LogP contribution < -0.4 is 5.32 Å². The van der Waals surface area contributed by atoms with Gasteiger partial charge in [0.1, 0.15) is 0 Å². The maximum absolute atomic E-state index is 11.5. The van der Waals surface area contributed by atoms with Gasteiger partial charge in [-0.1, -0.05) is 0 Å². The second kappa shape index (κ2) is 4.33. The van der Waals surface area contributed by atoms with Gasteiger partial charge in [-0.05, 0) is 25.7 Å². The minimum atomic E-state index is -3.06. The van der Waals surface area contributed by atoms with Gasteiger partial charge in [0.25, 0.3) is 0 Å². The van der Waals surface area contributed by atoms with Gasteiger partial charge in [0.05, 0.1) is 6.26 Å². The summed E-state index contributed by atoms with van der Waals surface area (Å²) in [6, 6.07) is 0.158. The highest BCUT2D eigenvalue weighted by molar-refractivity contribution is 7.88. The Morgan fingerprint density at radius 2 is 1.75 bits per heavy atom. The molecule has 0 radical (unpaired) electrons. The van der Waals surface area contributed by atoms with Gasteiger partial charge in [0.15, 0.2) is 0 Å². The number of nitrogens with one attached hydrogen (secondary N) is 1. The summed E-state index contributed by atoms with van der Waals surface area (Å²) in [5, 5.41) is 2.99. The molecule has 16 heavy (non-hydrogen) atoms. The summed E-state index contributed by atoms with van der Waals surface area (Å²) < 4.78 is 24.0. The van der Waals surface area contributed by atoms with Gasteiger partial charge < -0.3 is 5.32 Å². The number of hydrogen-bond donors (Lipinski definition) is 1. The molecule has 1 N–H and O–H groups in total. The van der Waals surface area contributed by atoms with E-state index in [2.05, 4.69) is 5.32 Å².